The maximum atomic E-state index is 14.4. The third-order valence-corrected chi connectivity index (χ3v) is 3.73. The average molecular weight is 302 g/mol. The van der Waals surface area contributed by atoms with Crippen molar-refractivity contribution in [2.45, 2.75) is 19.3 Å². The fraction of sp³-hybridized carbons (Fsp3) is 0.278. The van der Waals surface area contributed by atoms with Crippen LogP contribution in [0.4, 0.5) is 4.39 Å². The fourth-order valence-electron chi connectivity index (χ4n) is 2.27. The number of hydrogen-bond acceptors (Lipinski definition) is 3. The van der Waals surface area contributed by atoms with Crippen molar-refractivity contribution in [3.8, 4) is 11.1 Å². The van der Waals surface area contributed by atoms with Crippen molar-refractivity contribution in [2.75, 3.05) is 13.2 Å². The quantitative estimate of drug-likeness (QED) is 0.862. The Morgan fingerprint density at radius 1 is 1.23 bits per heavy atom. The van der Waals surface area contributed by atoms with Crippen LogP contribution in [0.15, 0.2) is 48.5 Å². The molecule has 0 amide bonds. The second kappa shape index (κ2) is 6.71. The van der Waals surface area contributed by atoms with E-state index in [2.05, 4.69) is 0 Å². The Labute approximate surface area is 129 Å². The van der Waals surface area contributed by atoms with E-state index in [0.717, 1.165) is 5.56 Å². The molecule has 116 valence electrons. The minimum atomic E-state index is -1.27. The van der Waals surface area contributed by atoms with Gasteiger partial charge in [-0.3, -0.25) is 4.79 Å². The fourth-order valence-corrected chi connectivity index (χ4v) is 2.27. The number of carbonyl (C=O) groups is 1. The van der Waals surface area contributed by atoms with Crippen molar-refractivity contribution in [3.05, 3.63) is 59.9 Å². The summed E-state index contributed by atoms with van der Waals surface area (Å²) in [6.07, 6.45) is 0. The van der Waals surface area contributed by atoms with Crippen LogP contribution in [0.1, 0.15) is 19.4 Å². The van der Waals surface area contributed by atoms with Crippen molar-refractivity contribution >= 4 is 5.97 Å². The molecule has 22 heavy (non-hydrogen) atoms. The van der Waals surface area contributed by atoms with Gasteiger partial charge in [-0.1, -0.05) is 42.5 Å². The van der Waals surface area contributed by atoms with E-state index >= 15 is 0 Å². The van der Waals surface area contributed by atoms with Crippen molar-refractivity contribution in [2.24, 2.45) is 0 Å². The van der Waals surface area contributed by atoms with Gasteiger partial charge in [0.1, 0.15) is 11.2 Å². The topological polar surface area (TPSA) is 46.5 Å². The minimum Gasteiger partial charge on any atom is -0.465 e. The highest BCUT2D eigenvalue weighted by Crippen LogP contribution is 2.30. The Morgan fingerprint density at radius 2 is 1.91 bits per heavy atom. The highest BCUT2D eigenvalue weighted by Gasteiger charge is 2.36. The summed E-state index contributed by atoms with van der Waals surface area (Å²) in [5.41, 5.74) is 0.332. The first-order valence-electron chi connectivity index (χ1n) is 7.16. The summed E-state index contributed by atoms with van der Waals surface area (Å²) in [5, 5.41) is 9.59. The molecule has 1 N–H and O–H groups in total. The van der Waals surface area contributed by atoms with E-state index in [4.69, 9.17) is 4.74 Å². The maximum absolute atomic E-state index is 14.4. The summed E-state index contributed by atoms with van der Waals surface area (Å²) >= 11 is 0. The molecular weight excluding hydrogens is 283 g/mol. The van der Waals surface area contributed by atoms with Gasteiger partial charge in [0.05, 0.1) is 13.2 Å². The highest BCUT2D eigenvalue weighted by atomic mass is 19.1. The largest absolute Gasteiger partial charge is 0.465 e. The van der Waals surface area contributed by atoms with Crippen molar-refractivity contribution < 1.29 is 19.0 Å². The Morgan fingerprint density at radius 3 is 2.45 bits per heavy atom. The Kier molecular flexibility index (Phi) is 4.93. The molecular formula is C18H19FO3. The zero-order chi connectivity index (χ0) is 16.2. The average Bonchev–Trinajstić information content (AvgIpc) is 2.55. The number of rotatable bonds is 5. The molecule has 0 radical (unpaired) electrons. The molecule has 0 aliphatic rings. The maximum Gasteiger partial charge on any atom is 0.318 e. The van der Waals surface area contributed by atoms with E-state index in [9.17, 15) is 14.3 Å². The lowest BCUT2D eigenvalue weighted by Crippen LogP contribution is -2.38. The van der Waals surface area contributed by atoms with Crippen LogP contribution in [-0.2, 0) is 14.9 Å². The molecule has 0 saturated heterocycles. The van der Waals surface area contributed by atoms with E-state index in [-0.39, 0.29) is 6.61 Å². The molecule has 0 unspecified atom stereocenters. The van der Waals surface area contributed by atoms with Crippen LogP contribution in [-0.4, -0.2) is 24.3 Å². The van der Waals surface area contributed by atoms with Crippen molar-refractivity contribution in [1.82, 2.24) is 0 Å². The summed E-state index contributed by atoms with van der Waals surface area (Å²) in [4.78, 5) is 12.1. The second-order valence-corrected chi connectivity index (χ2v) is 5.27. The normalized spacial score (nSPS) is 13.5. The molecule has 0 fully saturated rings. The lowest BCUT2D eigenvalue weighted by atomic mass is 9.82. The predicted molar refractivity (Wildman–Crippen MR) is 82.9 cm³/mol. The summed E-state index contributed by atoms with van der Waals surface area (Å²) < 4.78 is 19.4. The summed E-state index contributed by atoms with van der Waals surface area (Å²) in [5.74, 6) is -1.00. The molecule has 0 spiro atoms. The van der Waals surface area contributed by atoms with Crippen LogP contribution < -0.4 is 0 Å². The van der Waals surface area contributed by atoms with E-state index in [1.807, 2.05) is 30.3 Å². The van der Waals surface area contributed by atoms with E-state index in [0.29, 0.717) is 11.1 Å². The minimum absolute atomic E-state index is 0.207. The molecule has 2 rings (SSSR count). The van der Waals surface area contributed by atoms with Gasteiger partial charge in [-0.05, 0) is 31.0 Å². The van der Waals surface area contributed by atoms with E-state index in [1.165, 1.54) is 6.07 Å². The van der Waals surface area contributed by atoms with Crippen LogP contribution in [0.5, 0.6) is 0 Å². The van der Waals surface area contributed by atoms with Crippen molar-refractivity contribution in [1.29, 1.82) is 0 Å². The van der Waals surface area contributed by atoms with Gasteiger partial charge in [-0.2, -0.15) is 0 Å². The lowest BCUT2D eigenvalue weighted by Gasteiger charge is -2.25. The van der Waals surface area contributed by atoms with Crippen LogP contribution in [0.3, 0.4) is 0 Å². The monoisotopic (exact) mass is 302 g/mol. The Hall–Kier alpha value is -2.20. The first-order chi connectivity index (χ1) is 10.5. The van der Waals surface area contributed by atoms with E-state index in [1.54, 1.807) is 26.0 Å². The zero-order valence-corrected chi connectivity index (χ0v) is 12.7. The van der Waals surface area contributed by atoms with Gasteiger partial charge in [0.2, 0.25) is 0 Å². The van der Waals surface area contributed by atoms with Gasteiger partial charge < -0.3 is 9.84 Å². The summed E-state index contributed by atoms with van der Waals surface area (Å²) in [7, 11) is 0. The number of esters is 1. The number of aliphatic hydroxyl groups is 1. The Balaban J connectivity index is 2.42. The standard InChI is InChI=1S/C18H19FO3/c1-3-22-17(21)18(2,12-20)14-9-10-15(16(19)11-14)13-7-5-4-6-8-13/h4-11,20H,3,12H2,1-2H3/t18-/m1/s1. The van der Waals surface area contributed by atoms with Gasteiger partial charge in [0.15, 0.2) is 0 Å². The number of carbonyl (C=O) groups excluding carboxylic acids is 1. The highest BCUT2D eigenvalue weighted by molar-refractivity contribution is 5.83. The summed E-state index contributed by atoms with van der Waals surface area (Å²) in [6.45, 7) is 2.99. The van der Waals surface area contributed by atoms with Crippen LogP contribution in [0.2, 0.25) is 0 Å². The first kappa shape index (κ1) is 16.2. The lowest BCUT2D eigenvalue weighted by molar-refractivity contribution is -0.151. The zero-order valence-electron chi connectivity index (χ0n) is 12.7. The SMILES string of the molecule is CCOC(=O)[C@](C)(CO)c1ccc(-c2ccccc2)c(F)c1. The molecule has 1 atom stereocenters. The Bertz CT molecular complexity index is 655. The molecule has 0 aromatic heterocycles. The van der Waals surface area contributed by atoms with Crippen molar-refractivity contribution in [3.63, 3.8) is 0 Å². The molecule has 0 heterocycles. The van der Waals surface area contributed by atoms with Gasteiger partial charge in [0.25, 0.3) is 0 Å². The third kappa shape index (κ3) is 3.02. The van der Waals surface area contributed by atoms with Crippen LogP contribution in [0, 0.1) is 5.82 Å². The van der Waals surface area contributed by atoms with Gasteiger partial charge >= 0.3 is 5.97 Å². The molecule has 2 aromatic rings. The summed E-state index contributed by atoms with van der Waals surface area (Å²) in [6, 6.07) is 13.7. The number of benzene rings is 2. The molecule has 0 aliphatic carbocycles. The molecule has 2 aromatic carbocycles. The molecule has 0 saturated carbocycles. The molecule has 3 nitrogen and oxygen atoms in total. The van der Waals surface area contributed by atoms with Crippen LogP contribution in [0.25, 0.3) is 11.1 Å². The predicted octanol–water partition coefficient (Wildman–Crippen LogP) is 3.31. The smallest absolute Gasteiger partial charge is 0.318 e. The third-order valence-electron chi connectivity index (χ3n) is 3.73. The number of halogens is 1. The van der Waals surface area contributed by atoms with Gasteiger partial charge in [-0.25, -0.2) is 4.39 Å². The van der Waals surface area contributed by atoms with Crippen LogP contribution >= 0.6 is 0 Å². The number of hydrogen-bond donors (Lipinski definition) is 1. The number of aliphatic hydroxyl groups excluding tert-OH is 1. The number of ether oxygens (including phenoxy) is 1. The second-order valence-electron chi connectivity index (χ2n) is 5.27. The molecule has 0 aliphatic heterocycles. The van der Waals surface area contributed by atoms with Gasteiger partial charge in [-0.15, -0.1) is 0 Å². The molecule has 0 bridgehead atoms. The molecule has 4 heteroatoms. The van der Waals surface area contributed by atoms with E-state index < -0.39 is 23.8 Å². The van der Waals surface area contributed by atoms with Gasteiger partial charge in [0, 0.05) is 5.56 Å². The first-order valence-corrected chi connectivity index (χ1v) is 7.16.